The Labute approximate surface area is 204 Å². The van der Waals surface area contributed by atoms with Crippen molar-refractivity contribution in [3.63, 3.8) is 0 Å². The summed E-state index contributed by atoms with van der Waals surface area (Å²) >= 11 is 0. The molecule has 1 fully saturated rings. The van der Waals surface area contributed by atoms with E-state index in [-0.39, 0.29) is 11.8 Å². The van der Waals surface area contributed by atoms with E-state index in [1.807, 2.05) is 53.6 Å². The van der Waals surface area contributed by atoms with E-state index in [1.165, 1.54) is 0 Å². The third kappa shape index (κ3) is 5.48. The van der Waals surface area contributed by atoms with Crippen LogP contribution in [0.1, 0.15) is 17.5 Å². The molecule has 0 atom stereocenters. The molecular formula is C27H28N6O2. The second kappa shape index (κ2) is 10.4. The van der Waals surface area contributed by atoms with E-state index in [9.17, 15) is 9.59 Å². The average molecular weight is 469 g/mol. The highest BCUT2D eigenvalue weighted by molar-refractivity contribution is 5.91. The van der Waals surface area contributed by atoms with Crippen molar-refractivity contribution in [2.24, 2.45) is 0 Å². The number of rotatable bonds is 7. The summed E-state index contributed by atoms with van der Waals surface area (Å²) in [5.74, 6) is 0.784. The molecule has 0 spiro atoms. The zero-order chi connectivity index (χ0) is 24.0. The predicted molar refractivity (Wildman–Crippen MR) is 136 cm³/mol. The lowest BCUT2D eigenvalue weighted by molar-refractivity contribution is -0.130. The largest absolute Gasteiger partial charge is 0.361 e. The number of carbonyl (C=O) groups excluding carboxylic acids is 2. The first-order valence-electron chi connectivity index (χ1n) is 11.9. The van der Waals surface area contributed by atoms with E-state index < -0.39 is 0 Å². The molecule has 1 aliphatic rings. The quantitative estimate of drug-likeness (QED) is 0.434. The van der Waals surface area contributed by atoms with E-state index in [0.29, 0.717) is 38.3 Å². The minimum Gasteiger partial charge on any atom is -0.361 e. The molecule has 2 aromatic carbocycles. The number of fused-ring (bicyclic) bond motifs is 1. The summed E-state index contributed by atoms with van der Waals surface area (Å²) in [5, 5.41) is 4.11. The molecule has 1 saturated heterocycles. The van der Waals surface area contributed by atoms with Crippen LogP contribution in [0.4, 0.5) is 11.6 Å². The van der Waals surface area contributed by atoms with Crippen molar-refractivity contribution in [2.75, 3.05) is 36.4 Å². The molecule has 2 amide bonds. The number of nitrogens with zero attached hydrogens (tertiary/aromatic N) is 4. The summed E-state index contributed by atoms with van der Waals surface area (Å²) in [6, 6.07) is 17.4. The van der Waals surface area contributed by atoms with Gasteiger partial charge in [0.1, 0.15) is 0 Å². The maximum atomic E-state index is 12.8. The predicted octanol–water partition coefficient (Wildman–Crippen LogP) is 3.42. The Kier molecular flexibility index (Phi) is 6.70. The number of amides is 2. The first-order valence-corrected chi connectivity index (χ1v) is 11.9. The van der Waals surface area contributed by atoms with Crippen LogP contribution in [-0.4, -0.2) is 57.8 Å². The molecule has 3 heterocycles. The number of aromatic amines is 1. The van der Waals surface area contributed by atoms with Gasteiger partial charge in [-0.3, -0.25) is 9.59 Å². The van der Waals surface area contributed by atoms with Gasteiger partial charge >= 0.3 is 0 Å². The van der Waals surface area contributed by atoms with Crippen LogP contribution in [0, 0.1) is 0 Å². The van der Waals surface area contributed by atoms with Crippen molar-refractivity contribution in [1.29, 1.82) is 0 Å². The van der Waals surface area contributed by atoms with Crippen LogP contribution in [0.15, 0.2) is 73.2 Å². The highest BCUT2D eigenvalue weighted by atomic mass is 16.2. The van der Waals surface area contributed by atoms with Crippen molar-refractivity contribution in [1.82, 2.24) is 19.9 Å². The van der Waals surface area contributed by atoms with E-state index in [4.69, 9.17) is 0 Å². The fraction of sp³-hybridized carbons (Fsp3) is 0.259. The van der Waals surface area contributed by atoms with Crippen molar-refractivity contribution in [3.05, 3.63) is 84.3 Å². The van der Waals surface area contributed by atoms with Crippen molar-refractivity contribution < 1.29 is 9.59 Å². The number of H-pyrrole nitrogens is 1. The number of piperazine rings is 1. The van der Waals surface area contributed by atoms with Gasteiger partial charge in [0, 0.05) is 67.8 Å². The van der Waals surface area contributed by atoms with Crippen LogP contribution in [0.25, 0.3) is 10.9 Å². The SMILES string of the molecule is O=C(CCc1c[nH]c2ccccc12)Nc1ccc(CC(=O)N2CCN(c3ncccn3)CC2)cc1. The van der Waals surface area contributed by atoms with Gasteiger partial charge in [-0.2, -0.15) is 0 Å². The first-order chi connectivity index (χ1) is 17.2. The van der Waals surface area contributed by atoms with Crippen LogP contribution in [-0.2, 0) is 22.4 Å². The zero-order valence-electron chi connectivity index (χ0n) is 19.5. The summed E-state index contributed by atoms with van der Waals surface area (Å²) < 4.78 is 0. The zero-order valence-corrected chi connectivity index (χ0v) is 19.5. The Morgan fingerprint density at radius 2 is 1.66 bits per heavy atom. The van der Waals surface area contributed by atoms with Crippen LogP contribution in [0.3, 0.4) is 0 Å². The lowest BCUT2D eigenvalue weighted by Gasteiger charge is -2.34. The summed E-state index contributed by atoms with van der Waals surface area (Å²) in [5.41, 5.74) is 3.89. The normalized spacial score (nSPS) is 13.7. The maximum absolute atomic E-state index is 12.8. The maximum Gasteiger partial charge on any atom is 0.227 e. The van der Waals surface area contributed by atoms with Gasteiger partial charge < -0.3 is 20.1 Å². The minimum atomic E-state index is -0.0284. The molecule has 2 aromatic heterocycles. The Hall–Kier alpha value is -4.20. The molecule has 0 bridgehead atoms. The molecule has 8 heteroatoms. The lowest BCUT2D eigenvalue weighted by Crippen LogP contribution is -2.49. The van der Waals surface area contributed by atoms with Gasteiger partial charge in [0.05, 0.1) is 6.42 Å². The van der Waals surface area contributed by atoms with Gasteiger partial charge in [-0.05, 0) is 41.8 Å². The second-order valence-electron chi connectivity index (χ2n) is 8.70. The Morgan fingerprint density at radius 1 is 0.914 bits per heavy atom. The molecule has 4 aromatic rings. The monoisotopic (exact) mass is 468 g/mol. The first kappa shape index (κ1) is 22.6. The Bertz CT molecular complexity index is 1290. The van der Waals surface area contributed by atoms with E-state index in [1.54, 1.807) is 18.5 Å². The van der Waals surface area contributed by atoms with Crippen LogP contribution in [0.5, 0.6) is 0 Å². The Morgan fingerprint density at radius 3 is 2.43 bits per heavy atom. The van der Waals surface area contributed by atoms with Gasteiger partial charge in [-0.25, -0.2) is 9.97 Å². The van der Waals surface area contributed by atoms with Gasteiger partial charge in [0.15, 0.2) is 0 Å². The van der Waals surface area contributed by atoms with Crippen LogP contribution >= 0.6 is 0 Å². The third-order valence-corrected chi connectivity index (χ3v) is 6.36. The average Bonchev–Trinajstić information content (AvgIpc) is 3.32. The molecule has 35 heavy (non-hydrogen) atoms. The second-order valence-corrected chi connectivity index (χ2v) is 8.70. The minimum absolute atomic E-state index is 0.0284. The summed E-state index contributed by atoms with van der Waals surface area (Å²) in [7, 11) is 0. The van der Waals surface area contributed by atoms with Crippen molar-refractivity contribution in [2.45, 2.75) is 19.3 Å². The molecule has 5 rings (SSSR count). The molecule has 0 aliphatic carbocycles. The van der Waals surface area contributed by atoms with Crippen LogP contribution in [0.2, 0.25) is 0 Å². The van der Waals surface area contributed by atoms with Gasteiger partial charge in [-0.1, -0.05) is 30.3 Å². The lowest BCUT2D eigenvalue weighted by atomic mass is 10.1. The number of hydrogen-bond donors (Lipinski definition) is 2. The molecule has 0 unspecified atom stereocenters. The number of nitrogens with one attached hydrogen (secondary N) is 2. The smallest absolute Gasteiger partial charge is 0.227 e. The number of para-hydroxylation sites is 1. The highest BCUT2D eigenvalue weighted by Gasteiger charge is 2.22. The molecule has 178 valence electrons. The fourth-order valence-corrected chi connectivity index (χ4v) is 4.41. The molecular weight excluding hydrogens is 440 g/mol. The number of hydrogen-bond acceptors (Lipinski definition) is 5. The molecule has 1 aliphatic heterocycles. The highest BCUT2D eigenvalue weighted by Crippen LogP contribution is 2.19. The summed E-state index contributed by atoms with van der Waals surface area (Å²) in [6.07, 6.45) is 6.86. The number of anilines is 2. The molecule has 0 radical (unpaired) electrons. The number of aromatic nitrogens is 3. The van der Waals surface area contributed by atoms with Crippen LogP contribution < -0.4 is 10.2 Å². The van der Waals surface area contributed by atoms with E-state index in [2.05, 4.69) is 31.2 Å². The van der Waals surface area contributed by atoms with Crippen molar-refractivity contribution in [3.8, 4) is 0 Å². The van der Waals surface area contributed by atoms with Gasteiger partial charge in [0.2, 0.25) is 17.8 Å². The fourth-order valence-electron chi connectivity index (χ4n) is 4.41. The molecule has 2 N–H and O–H groups in total. The van der Waals surface area contributed by atoms with E-state index in [0.717, 1.165) is 40.8 Å². The van der Waals surface area contributed by atoms with E-state index >= 15 is 0 Å². The summed E-state index contributed by atoms with van der Waals surface area (Å²) in [6.45, 7) is 2.75. The number of benzene rings is 2. The molecule has 0 saturated carbocycles. The topological polar surface area (TPSA) is 94.2 Å². The van der Waals surface area contributed by atoms with Crippen molar-refractivity contribution >= 4 is 34.4 Å². The van der Waals surface area contributed by atoms with Gasteiger partial charge in [-0.15, -0.1) is 0 Å². The summed E-state index contributed by atoms with van der Waals surface area (Å²) in [4.78, 5) is 41.0. The standard InChI is InChI=1S/C27H28N6O2/c34-25(11-8-21-19-30-24-5-2-1-4-23(21)24)31-22-9-6-20(7-10-22)18-26(35)32-14-16-33(17-15-32)27-28-12-3-13-29-27/h1-7,9-10,12-13,19,30H,8,11,14-18H2,(H,31,34). The number of carbonyl (C=O) groups is 2. The molecule has 8 nitrogen and oxygen atoms in total. The van der Waals surface area contributed by atoms with Gasteiger partial charge in [0.25, 0.3) is 0 Å². The number of aryl methyl sites for hydroxylation is 1. The third-order valence-electron chi connectivity index (χ3n) is 6.36. The Balaban J connectivity index is 1.08.